The maximum Gasteiger partial charge on any atom is 0.261 e. The summed E-state index contributed by atoms with van der Waals surface area (Å²) < 4.78 is 15.9. The number of benzene rings is 1. The van der Waals surface area contributed by atoms with E-state index in [1.807, 2.05) is 10.3 Å². The number of amides is 1. The number of ether oxygens (including phenoxy) is 3. The molecule has 0 unspecified atom stereocenters. The fraction of sp³-hybridized carbons (Fsp3) is 0.333. The third-order valence-corrected chi connectivity index (χ3v) is 4.55. The minimum absolute atomic E-state index is 0.298. The Hall–Kier alpha value is -3.03. The molecule has 10 heteroatoms. The van der Waals surface area contributed by atoms with Gasteiger partial charge in [-0.15, -0.1) is 0 Å². The number of aromatic nitrogens is 2. The van der Waals surface area contributed by atoms with Crippen LogP contribution in [0.4, 0.5) is 11.5 Å². The van der Waals surface area contributed by atoms with E-state index in [2.05, 4.69) is 15.3 Å². The van der Waals surface area contributed by atoms with Crippen molar-refractivity contribution < 1.29 is 19.0 Å². The van der Waals surface area contributed by atoms with E-state index in [1.54, 1.807) is 25.3 Å². The molecule has 0 saturated carbocycles. The van der Waals surface area contributed by atoms with Crippen molar-refractivity contribution in [3.8, 4) is 16.9 Å². The number of carbonyl (C=O) groups excluding carboxylic acids is 1. The largest absolute Gasteiger partial charge is 0.493 e. The smallest absolute Gasteiger partial charge is 0.261 e. The highest BCUT2D eigenvalue weighted by Gasteiger charge is 2.22. The first-order valence-electron chi connectivity index (χ1n) is 8.45. The molecule has 0 spiro atoms. The van der Waals surface area contributed by atoms with E-state index in [-0.39, 0.29) is 5.91 Å². The van der Waals surface area contributed by atoms with E-state index in [0.29, 0.717) is 60.0 Å². The zero-order valence-corrected chi connectivity index (χ0v) is 16.3. The van der Waals surface area contributed by atoms with Gasteiger partial charge in [-0.05, 0) is 12.1 Å². The number of nitrogens with one attached hydrogen (secondary N) is 1. The predicted molar refractivity (Wildman–Crippen MR) is 104 cm³/mol. The van der Waals surface area contributed by atoms with Crippen LogP contribution in [0.25, 0.3) is 0 Å². The van der Waals surface area contributed by atoms with Gasteiger partial charge >= 0.3 is 0 Å². The Morgan fingerprint density at radius 3 is 2.71 bits per heavy atom. The number of anilines is 2. The van der Waals surface area contributed by atoms with Crippen LogP contribution in [-0.4, -0.2) is 56.4 Å². The molecule has 146 valence electrons. The van der Waals surface area contributed by atoms with Crippen molar-refractivity contribution >= 4 is 29.2 Å². The van der Waals surface area contributed by atoms with Crippen molar-refractivity contribution in [3.63, 3.8) is 0 Å². The third kappa shape index (κ3) is 4.44. The number of methoxy groups -OCH3 is 2. The number of hydrogen-bond donors (Lipinski definition) is 1. The van der Waals surface area contributed by atoms with Crippen LogP contribution >= 0.6 is 11.8 Å². The molecule has 1 aromatic carbocycles. The average molecular weight is 401 g/mol. The lowest BCUT2D eigenvalue weighted by Crippen LogP contribution is -2.38. The van der Waals surface area contributed by atoms with Gasteiger partial charge in [0.1, 0.15) is 16.8 Å². The molecule has 1 aliphatic heterocycles. The summed E-state index contributed by atoms with van der Waals surface area (Å²) in [5, 5.41) is 14.0. The Kier molecular flexibility index (Phi) is 6.52. The first-order chi connectivity index (χ1) is 13.7. The van der Waals surface area contributed by atoms with Crippen LogP contribution in [0.3, 0.4) is 0 Å². The van der Waals surface area contributed by atoms with Crippen molar-refractivity contribution in [2.45, 2.75) is 5.16 Å². The molecule has 0 atom stereocenters. The van der Waals surface area contributed by atoms with E-state index in [4.69, 9.17) is 19.5 Å². The fourth-order valence-corrected chi connectivity index (χ4v) is 3.06. The van der Waals surface area contributed by atoms with E-state index in [1.165, 1.54) is 13.3 Å². The zero-order chi connectivity index (χ0) is 19.9. The topological polar surface area (TPSA) is 110 Å². The molecular weight excluding hydrogens is 382 g/mol. The van der Waals surface area contributed by atoms with Gasteiger partial charge < -0.3 is 24.4 Å². The Bertz CT molecular complexity index is 896. The molecule has 1 amide bonds. The second-order valence-electron chi connectivity index (χ2n) is 5.71. The van der Waals surface area contributed by atoms with E-state index in [0.717, 1.165) is 11.8 Å². The summed E-state index contributed by atoms with van der Waals surface area (Å²) in [6, 6.07) is 5.10. The van der Waals surface area contributed by atoms with Crippen LogP contribution in [0.15, 0.2) is 29.6 Å². The molecule has 28 heavy (non-hydrogen) atoms. The highest BCUT2D eigenvalue weighted by atomic mass is 32.2. The average Bonchev–Trinajstić information content (AvgIpc) is 2.74. The highest BCUT2D eigenvalue weighted by Crippen LogP contribution is 2.30. The maximum atomic E-state index is 12.9. The highest BCUT2D eigenvalue weighted by molar-refractivity contribution is 8.03. The van der Waals surface area contributed by atoms with Gasteiger partial charge in [0.15, 0.2) is 11.5 Å². The number of morpholine rings is 1. The van der Waals surface area contributed by atoms with Gasteiger partial charge in [0.25, 0.3) is 5.91 Å². The predicted octanol–water partition coefficient (Wildman–Crippen LogP) is 2.16. The van der Waals surface area contributed by atoms with E-state index in [9.17, 15) is 4.79 Å². The van der Waals surface area contributed by atoms with Gasteiger partial charge in [0, 0.05) is 42.8 Å². The summed E-state index contributed by atoms with van der Waals surface area (Å²) in [7, 11) is 3.07. The number of thioether (sulfide) groups is 1. The Morgan fingerprint density at radius 2 is 2.04 bits per heavy atom. The summed E-state index contributed by atoms with van der Waals surface area (Å²) in [5.74, 6) is 1.19. The van der Waals surface area contributed by atoms with Crippen molar-refractivity contribution in [2.75, 3.05) is 50.7 Å². The molecule has 0 radical (unpaired) electrons. The van der Waals surface area contributed by atoms with Gasteiger partial charge in [0.2, 0.25) is 5.16 Å². The summed E-state index contributed by atoms with van der Waals surface area (Å²) in [4.78, 5) is 23.4. The standard InChI is InChI=1S/C18H19N5O4S/c1-25-14-4-3-12(9-15(14)26-2)21-17(24)13-10-20-18(28-11-19)22-16(13)23-5-7-27-8-6-23/h3-4,9-10H,5-8H2,1-2H3,(H,21,24). The first kappa shape index (κ1) is 19.7. The normalized spacial score (nSPS) is 13.5. The quantitative estimate of drug-likeness (QED) is 0.442. The summed E-state index contributed by atoms with van der Waals surface area (Å²) >= 11 is 0.850. The van der Waals surface area contributed by atoms with Gasteiger partial charge in [-0.25, -0.2) is 9.97 Å². The van der Waals surface area contributed by atoms with Crippen LogP contribution in [0.1, 0.15) is 10.4 Å². The van der Waals surface area contributed by atoms with Gasteiger partial charge in [-0.2, -0.15) is 5.26 Å². The van der Waals surface area contributed by atoms with E-state index < -0.39 is 0 Å². The van der Waals surface area contributed by atoms with Crippen LogP contribution in [0.5, 0.6) is 11.5 Å². The Labute approximate surface area is 166 Å². The molecular formula is C18H19N5O4S. The molecule has 1 saturated heterocycles. The fourth-order valence-electron chi connectivity index (χ4n) is 2.74. The SMILES string of the molecule is COc1ccc(NC(=O)c2cnc(SC#N)nc2N2CCOCC2)cc1OC. The van der Waals surface area contributed by atoms with Crippen molar-refractivity contribution in [2.24, 2.45) is 0 Å². The molecule has 1 aliphatic rings. The Balaban J connectivity index is 1.89. The number of hydrogen-bond acceptors (Lipinski definition) is 9. The number of rotatable bonds is 6. The summed E-state index contributed by atoms with van der Waals surface area (Å²) in [6.07, 6.45) is 1.44. The number of nitrogens with zero attached hydrogens (tertiary/aromatic N) is 4. The molecule has 1 N–H and O–H groups in total. The molecule has 9 nitrogen and oxygen atoms in total. The Morgan fingerprint density at radius 1 is 1.29 bits per heavy atom. The lowest BCUT2D eigenvalue weighted by Gasteiger charge is -2.29. The second kappa shape index (κ2) is 9.25. The van der Waals surface area contributed by atoms with Crippen molar-refractivity contribution in [3.05, 3.63) is 30.0 Å². The van der Waals surface area contributed by atoms with Crippen molar-refractivity contribution in [1.82, 2.24) is 9.97 Å². The molecule has 0 bridgehead atoms. The molecule has 0 aliphatic carbocycles. The number of nitriles is 1. The van der Waals surface area contributed by atoms with Crippen LogP contribution in [0, 0.1) is 10.7 Å². The lowest BCUT2D eigenvalue weighted by molar-refractivity contribution is 0.102. The minimum Gasteiger partial charge on any atom is -0.493 e. The zero-order valence-electron chi connectivity index (χ0n) is 15.5. The summed E-state index contributed by atoms with van der Waals surface area (Å²) in [6.45, 7) is 2.29. The number of carbonyl (C=O) groups is 1. The van der Waals surface area contributed by atoms with Gasteiger partial charge in [-0.1, -0.05) is 0 Å². The minimum atomic E-state index is -0.359. The van der Waals surface area contributed by atoms with Crippen LogP contribution in [-0.2, 0) is 4.74 Å². The number of thiocyanates is 1. The van der Waals surface area contributed by atoms with Crippen LogP contribution < -0.4 is 19.7 Å². The van der Waals surface area contributed by atoms with Crippen LogP contribution in [0.2, 0.25) is 0 Å². The third-order valence-electron chi connectivity index (χ3n) is 4.08. The summed E-state index contributed by atoms with van der Waals surface area (Å²) in [5.41, 5.74) is 0.866. The second-order valence-corrected chi connectivity index (χ2v) is 6.46. The monoisotopic (exact) mass is 401 g/mol. The molecule has 1 fully saturated rings. The maximum absolute atomic E-state index is 12.9. The van der Waals surface area contributed by atoms with Gasteiger partial charge in [-0.3, -0.25) is 4.79 Å². The molecule has 2 aromatic rings. The molecule has 2 heterocycles. The molecule has 3 rings (SSSR count). The lowest BCUT2D eigenvalue weighted by atomic mass is 10.2. The van der Waals surface area contributed by atoms with E-state index >= 15 is 0 Å². The molecule has 1 aromatic heterocycles. The van der Waals surface area contributed by atoms with Crippen molar-refractivity contribution in [1.29, 1.82) is 5.26 Å². The van der Waals surface area contributed by atoms with Gasteiger partial charge in [0.05, 0.1) is 27.4 Å². The first-order valence-corrected chi connectivity index (χ1v) is 9.27.